The molecular weight excluding hydrogens is 236 g/mol. The highest BCUT2D eigenvalue weighted by Crippen LogP contribution is 2.23. The molecule has 3 heteroatoms. The molecule has 0 aliphatic rings. The molecule has 0 spiro atoms. The van der Waals surface area contributed by atoms with Gasteiger partial charge in [-0.05, 0) is 30.5 Å². The fourth-order valence-corrected chi connectivity index (χ4v) is 1.86. The number of hydrogen-bond acceptors (Lipinski definition) is 2. The Morgan fingerprint density at radius 1 is 1.47 bits per heavy atom. The molecular formula is C14H17ClO2. The van der Waals surface area contributed by atoms with Crippen LogP contribution in [0.4, 0.5) is 0 Å². The lowest BCUT2D eigenvalue weighted by Gasteiger charge is -2.12. The zero-order valence-corrected chi connectivity index (χ0v) is 10.7. The zero-order valence-electron chi connectivity index (χ0n) is 9.99. The zero-order chi connectivity index (χ0) is 12.7. The first-order valence-corrected chi connectivity index (χ1v) is 6.13. The Bertz CT molecular complexity index is 370. The maximum absolute atomic E-state index is 11.3. The lowest BCUT2D eigenvalue weighted by Crippen LogP contribution is -2.02. The molecule has 0 bridgehead atoms. The summed E-state index contributed by atoms with van der Waals surface area (Å²) in [6, 6.07) is 7.43. The van der Waals surface area contributed by atoms with E-state index in [1.807, 2.05) is 18.2 Å². The van der Waals surface area contributed by atoms with Crippen LogP contribution in [-0.2, 0) is 4.74 Å². The highest BCUT2D eigenvalue weighted by Gasteiger charge is 2.09. The molecule has 2 nitrogen and oxygen atoms in total. The summed E-state index contributed by atoms with van der Waals surface area (Å²) in [7, 11) is 1.38. The van der Waals surface area contributed by atoms with Crippen molar-refractivity contribution in [3.05, 3.63) is 48.0 Å². The quantitative estimate of drug-likeness (QED) is 0.438. The van der Waals surface area contributed by atoms with Crippen LogP contribution < -0.4 is 0 Å². The normalized spacial score (nSPS) is 11.9. The van der Waals surface area contributed by atoms with E-state index in [0.29, 0.717) is 17.4 Å². The van der Waals surface area contributed by atoms with Crippen molar-refractivity contribution in [2.75, 3.05) is 13.0 Å². The average Bonchev–Trinajstić information content (AvgIpc) is 2.39. The van der Waals surface area contributed by atoms with Gasteiger partial charge in [-0.1, -0.05) is 18.2 Å². The number of allylic oxidation sites excluding steroid dienone is 1. The molecule has 0 fully saturated rings. The molecule has 1 unspecified atom stereocenters. The van der Waals surface area contributed by atoms with E-state index in [2.05, 4.69) is 11.3 Å². The fraction of sp³-hybridized carbons (Fsp3) is 0.357. The van der Waals surface area contributed by atoms with Crippen LogP contribution in [-0.4, -0.2) is 19.0 Å². The molecule has 0 aliphatic carbocycles. The topological polar surface area (TPSA) is 26.3 Å². The first-order chi connectivity index (χ1) is 8.22. The summed E-state index contributed by atoms with van der Waals surface area (Å²) in [4.78, 5) is 11.3. The Kier molecular flexibility index (Phi) is 5.78. The van der Waals surface area contributed by atoms with Gasteiger partial charge in [-0.3, -0.25) is 0 Å². The molecule has 17 heavy (non-hydrogen) atoms. The molecule has 0 N–H and O–H groups in total. The van der Waals surface area contributed by atoms with Gasteiger partial charge in [0.15, 0.2) is 0 Å². The lowest BCUT2D eigenvalue weighted by atomic mass is 9.94. The van der Waals surface area contributed by atoms with E-state index in [1.165, 1.54) is 7.11 Å². The van der Waals surface area contributed by atoms with Crippen molar-refractivity contribution in [1.82, 2.24) is 0 Å². The second-order valence-corrected chi connectivity index (χ2v) is 4.16. The molecule has 0 saturated carbocycles. The Hall–Kier alpha value is -1.28. The second kappa shape index (κ2) is 7.13. The molecule has 0 radical (unpaired) electrons. The molecule has 0 amide bonds. The van der Waals surface area contributed by atoms with Crippen LogP contribution in [0.5, 0.6) is 0 Å². The summed E-state index contributed by atoms with van der Waals surface area (Å²) in [6.07, 6.45) is 3.85. The van der Waals surface area contributed by atoms with Crippen molar-refractivity contribution in [1.29, 1.82) is 0 Å². The summed E-state index contributed by atoms with van der Waals surface area (Å²) in [5.74, 6) is 0.637. The van der Waals surface area contributed by atoms with Crippen molar-refractivity contribution in [3.63, 3.8) is 0 Å². The molecule has 92 valence electrons. The molecule has 1 aromatic rings. The Balaban J connectivity index is 2.77. The lowest BCUT2D eigenvalue weighted by molar-refractivity contribution is 0.0600. The molecule has 0 saturated heterocycles. The fourth-order valence-electron chi connectivity index (χ4n) is 1.70. The Morgan fingerprint density at radius 3 is 2.59 bits per heavy atom. The van der Waals surface area contributed by atoms with E-state index >= 15 is 0 Å². The third-order valence-corrected chi connectivity index (χ3v) is 2.96. The van der Waals surface area contributed by atoms with Crippen molar-refractivity contribution >= 4 is 17.6 Å². The van der Waals surface area contributed by atoms with E-state index in [0.717, 1.165) is 18.4 Å². The van der Waals surface area contributed by atoms with Gasteiger partial charge in [-0.15, -0.1) is 18.2 Å². The Morgan fingerprint density at radius 2 is 2.12 bits per heavy atom. The van der Waals surface area contributed by atoms with Crippen molar-refractivity contribution in [2.24, 2.45) is 0 Å². The molecule has 0 aromatic heterocycles. The number of halogens is 1. The van der Waals surface area contributed by atoms with E-state index in [1.54, 1.807) is 12.1 Å². The van der Waals surface area contributed by atoms with Gasteiger partial charge in [0.25, 0.3) is 0 Å². The summed E-state index contributed by atoms with van der Waals surface area (Å²) in [5.41, 5.74) is 1.72. The van der Waals surface area contributed by atoms with Gasteiger partial charge >= 0.3 is 5.97 Å². The van der Waals surface area contributed by atoms with Gasteiger partial charge in [0, 0.05) is 11.8 Å². The maximum atomic E-state index is 11.3. The number of esters is 1. The Labute approximate surface area is 107 Å². The minimum atomic E-state index is -0.313. The highest BCUT2D eigenvalue weighted by molar-refractivity contribution is 6.17. The van der Waals surface area contributed by atoms with Crippen LogP contribution in [0.25, 0.3) is 0 Å². The third kappa shape index (κ3) is 3.90. The molecule has 0 aliphatic heterocycles. The van der Waals surface area contributed by atoms with Crippen LogP contribution in [0.2, 0.25) is 0 Å². The van der Waals surface area contributed by atoms with Crippen molar-refractivity contribution in [3.8, 4) is 0 Å². The summed E-state index contributed by atoms with van der Waals surface area (Å²) >= 11 is 5.68. The van der Waals surface area contributed by atoms with Crippen molar-refractivity contribution in [2.45, 2.75) is 18.8 Å². The highest BCUT2D eigenvalue weighted by atomic mass is 35.5. The predicted molar refractivity (Wildman–Crippen MR) is 70.7 cm³/mol. The molecule has 0 heterocycles. The van der Waals surface area contributed by atoms with Gasteiger partial charge in [0.05, 0.1) is 12.7 Å². The smallest absolute Gasteiger partial charge is 0.337 e. The number of carbonyl (C=O) groups excluding carboxylic acids is 1. The van der Waals surface area contributed by atoms with Gasteiger partial charge < -0.3 is 4.74 Å². The molecule has 1 rings (SSSR count). The van der Waals surface area contributed by atoms with Crippen LogP contribution in [0, 0.1) is 0 Å². The minimum Gasteiger partial charge on any atom is -0.465 e. The SMILES string of the molecule is C=CC(CCCCl)c1ccc(C(=O)OC)cc1. The minimum absolute atomic E-state index is 0.292. The van der Waals surface area contributed by atoms with Gasteiger partial charge in [-0.2, -0.15) is 0 Å². The number of hydrogen-bond donors (Lipinski definition) is 0. The number of carbonyl (C=O) groups is 1. The van der Waals surface area contributed by atoms with E-state index in [9.17, 15) is 4.79 Å². The maximum Gasteiger partial charge on any atom is 0.337 e. The summed E-state index contributed by atoms with van der Waals surface area (Å²) in [5, 5.41) is 0. The van der Waals surface area contributed by atoms with Crippen molar-refractivity contribution < 1.29 is 9.53 Å². The largest absolute Gasteiger partial charge is 0.465 e. The first kappa shape index (κ1) is 13.8. The van der Waals surface area contributed by atoms with Crippen LogP contribution in [0.1, 0.15) is 34.7 Å². The molecule has 1 atom stereocenters. The van der Waals surface area contributed by atoms with Crippen LogP contribution >= 0.6 is 11.6 Å². The predicted octanol–water partition coefficient (Wildman–Crippen LogP) is 3.76. The van der Waals surface area contributed by atoms with Gasteiger partial charge in [0.1, 0.15) is 0 Å². The van der Waals surface area contributed by atoms with E-state index in [-0.39, 0.29) is 5.97 Å². The summed E-state index contributed by atoms with van der Waals surface area (Å²) in [6.45, 7) is 3.83. The standard InChI is InChI=1S/C14H17ClO2/c1-3-11(5-4-10-15)12-6-8-13(9-7-12)14(16)17-2/h3,6-9,11H,1,4-5,10H2,2H3. The second-order valence-electron chi connectivity index (χ2n) is 3.79. The first-order valence-electron chi connectivity index (χ1n) is 5.59. The number of methoxy groups -OCH3 is 1. The van der Waals surface area contributed by atoms with E-state index < -0.39 is 0 Å². The van der Waals surface area contributed by atoms with Crippen LogP contribution in [0.15, 0.2) is 36.9 Å². The van der Waals surface area contributed by atoms with E-state index in [4.69, 9.17) is 11.6 Å². The van der Waals surface area contributed by atoms with Crippen LogP contribution in [0.3, 0.4) is 0 Å². The monoisotopic (exact) mass is 252 g/mol. The van der Waals surface area contributed by atoms with Gasteiger partial charge in [-0.25, -0.2) is 4.79 Å². The summed E-state index contributed by atoms with van der Waals surface area (Å²) < 4.78 is 4.65. The molecule has 1 aromatic carbocycles. The number of alkyl halides is 1. The average molecular weight is 253 g/mol. The number of benzene rings is 1. The number of ether oxygens (including phenoxy) is 1. The van der Waals surface area contributed by atoms with Gasteiger partial charge in [0.2, 0.25) is 0 Å². The number of rotatable bonds is 6. The third-order valence-electron chi connectivity index (χ3n) is 2.69.